The number of aromatic nitrogens is 4. The molecule has 2 aromatic carbocycles. The number of tetrazole rings is 1. The van der Waals surface area contributed by atoms with Crippen LogP contribution < -0.4 is 10.6 Å². The van der Waals surface area contributed by atoms with Gasteiger partial charge in [0.05, 0.1) is 10.7 Å². The van der Waals surface area contributed by atoms with Crippen molar-refractivity contribution in [2.24, 2.45) is 0 Å². The molecule has 0 saturated carbocycles. The largest absolute Gasteiger partial charge is 0.369 e. The summed E-state index contributed by atoms with van der Waals surface area (Å²) in [6, 6.07) is 13.1. The first kappa shape index (κ1) is 19.1. The molecule has 0 radical (unpaired) electrons. The van der Waals surface area contributed by atoms with E-state index in [1.807, 2.05) is 0 Å². The van der Waals surface area contributed by atoms with Crippen molar-refractivity contribution < 1.29 is 9.18 Å². The lowest BCUT2D eigenvalue weighted by atomic mass is 10.2. The molecule has 0 bridgehead atoms. The van der Waals surface area contributed by atoms with Gasteiger partial charge in [0, 0.05) is 31.9 Å². The van der Waals surface area contributed by atoms with Gasteiger partial charge in [-0.05, 0) is 46.8 Å². The van der Waals surface area contributed by atoms with Crippen molar-refractivity contribution in [3.8, 4) is 5.69 Å². The fraction of sp³-hybridized carbons (Fsp3) is 0.263. The second kappa shape index (κ2) is 8.04. The lowest BCUT2D eigenvalue weighted by Crippen LogP contribution is -2.50. The molecule has 0 spiro atoms. The number of nitrogens with zero attached hydrogens (tertiary/aromatic N) is 6. The van der Waals surface area contributed by atoms with Crippen LogP contribution in [0.3, 0.4) is 0 Å². The third kappa shape index (κ3) is 4.00. The van der Waals surface area contributed by atoms with E-state index in [-0.39, 0.29) is 18.3 Å². The summed E-state index contributed by atoms with van der Waals surface area (Å²) in [6.45, 7) is 2.06. The summed E-state index contributed by atoms with van der Waals surface area (Å²) in [7, 11) is 0. The number of benzene rings is 2. The van der Waals surface area contributed by atoms with Crippen molar-refractivity contribution in [1.29, 1.82) is 0 Å². The normalized spacial score (nSPS) is 14.3. The minimum Gasteiger partial charge on any atom is -0.368 e. The number of piperazine rings is 1. The van der Waals surface area contributed by atoms with Crippen LogP contribution in [-0.4, -0.2) is 56.8 Å². The molecular weight excluding hydrogens is 399 g/mol. The molecule has 0 atom stereocenters. The van der Waals surface area contributed by atoms with Crippen LogP contribution in [0, 0.1) is 5.82 Å². The second-order valence-electron chi connectivity index (χ2n) is 6.63. The highest BCUT2D eigenvalue weighted by Crippen LogP contribution is 2.18. The smallest absolute Gasteiger partial charge is 0.368 e. The molecule has 150 valence electrons. The lowest BCUT2D eigenvalue weighted by molar-refractivity contribution is -0.132. The Morgan fingerprint density at radius 2 is 1.69 bits per heavy atom. The van der Waals surface area contributed by atoms with E-state index in [1.54, 1.807) is 41.3 Å². The van der Waals surface area contributed by atoms with Gasteiger partial charge >= 0.3 is 5.69 Å². The Balaban J connectivity index is 1.40. The average Bonchev–Trinajstić information content (AvgIpc) is 3.09. The maximum Gasteiger partial charge on any atom is 0.369 e. The Bertz CT molecular complexity index is 1070. The summed E-state index contributed by atoms with van der Waals surface area (Å²) in [4.78, 5) is 28.9. The molecule has 3 aromatic rings. The van der Waals surface area contributed by atoms with Crippen LogP contribution >= 0.6 is 11.6 Å². The third-order valence-electron chi connectivity index (χ3n) is 4.83. The van der Waals surface area contributed by atoms with Crippen molar-refractivity contribution in [3.63, 3.8) is 0 Å². The SMILES string of the molecule is O=C(Cn1nnn(-c2ccccc2Cl)c1=O)N1CCN(c2ccc(F)cc2)CC1. The molecular formula is C19H18ClFN6O2. The van der Waals surface area contributed by atoms with Crippen LogP contribution in [0.4, 0.5) is 10.1 Å². The molecule has 1 aliphatic rings. The predicted molar refractivity (Wildman–Crippen MR) is 106 cm³/mol. The molecule has 0 unspecified atom stereocenters. The van der Waals surface area contributed by atoms with Crippen LogP contribution in [0.15, 0.2) is 53.3 Å². The maximum absolute atomic E-state index is 13.1. The van der Waals surface area contributed by atoms with Gasteiger partial charge in [0.25, 0.3) is 0 Å². The number of rotatable bonds is 4. The zero-order chi connectivity index (χ0) is 20.4. The van der Waals surface area contributed by atoms with E-state index in [0.717, 1.165) is 15.1 Å². The highest BCUT2D eigenvalue weighted by molar-refractivity contribution is 6.32. The quantitative estimate of drug-likeness (QED) is 0.645. The minimum atomic E-state index is -0.531. The van der Waals surface area contributed by atoms with E-state index in [4.69, 9.17) is 11.6 Å². The van der Waals surface area contributed by atoms with Gasteiger partial charge in [0.1, 0.15) is 12.4 Å². The van der Waals surface area contributed by atoms with Crippen molar-refractivity contribution in [2.45, 2.75) is 6.54 Å². The monoisotopic (exact) mass is 416 g/mol. The number of hydrogen-bond donors (Lipinski definition) is 0. The molecule has 1 aliphatic heterocycles. The topological polar surface area (TPSA) is 76.3 Å². The highest BCUT2D eigenvalue weighted by atomic mass is 35.5. The number of hydrogen-bond acceptors (Lipinski definition) is 5. The summed E-state index contributed by atoms with van der Waals surface area (Å²) in [5.74, 6) is -0.491. The van der Waals surface area contributed by atoms with Gasteiger partial charge in [0.2, 0.25) is 5.91 Å². The number of amides is 1. The molecule has 10 heteroatoms. The molecule has 0 N–H and O–H groups in total. The lowest BCUT2D eigenvalue weighted by Gasteiger charge is -2.36. The maximum atomic E-state index is 13.1. The third-order valence-corrected chi connectivity index (χ3v) is 5.15. The predicted octanol–water partition coefficient (Wildman–Crippen LogP) is 1.57. The van der Waals surface area contributed by atoms with E-state index in [2.05, 4.69) is 15.3 Å². The van der Waals surface area contributed by atoms with Crippen LogP contribution in [0.2, 0.25) is 5.02 Å². The molecule has 1 aromatic heterocycles. The molecule has 8 nitrogen and oxygen atoms in total. The van der Waals surface area contributed by atoms with E-state index in [9.17, 15) is 14.0 Å². The number of carbonyl (C=O) groups is 1. The zero-order valence-corrected chi connectivity index (χ0v) is 16.2. The molecule has 1 saturated heterocycles. The average molecular weight is 417 g/mol. The Morgan fingerprint density at radius 1 is 1.00 bits per heavy atom. The number of anilines is 1. The van der Waals surface area contributed by atoms with Gasteiger partial charge in [-0.15, -0.1) is 0 Å². The summed E-state index contributed by atoms with van der Waals surface area (Å²) < 4.78 is 15.2. The van der Waals surface area contributed by atoms with Crippen molar-refractivity contribution in [1.82, 2.24) is 24.7 Å². The van der Waals surface area contributed by atoms with E-state index < -0.39 is 5.69 Å². The van der Waals surface area contributed by atoms with Crippen molar-refractivity contribution in [3.05, 3.63) is 69.9 Å². The van der Waals surface area contributed by atoms with Gasteiger partial charge in [0.15, 0.2) is 0 Å². The molecule has 1 fully saturated rings. The van der Waals surface area contributed by atoms with Gasteiger partial charge in [-0.2, -0.15) is 9.36 Å². The Labute approximate surface area is 170 Å². The van der Waals surface area contributed by atoms with E-state index >= 15 is 0 Å². The van der Waals surface area contributed by atoms with Gasteiger partial charge in [-0.1, -0.05) is 23.7 Å². The van der Waals surface area contributed by atoms with Crippen LogP contribution in [0.5, 0.6) is 0 Å². The standard InChI is InChI=1S/C19H18ClFN6O2/c20-16-3-1-2-4-17(16)27-19(29)26(22-23-27)13-18(28)25-11-9-24(10-12-25)15-7-5-14(21)6-8-15/h1-8H,9-13H2. The second-order valence-corrected chi connectivity index (χ2v) is 7.03. The Morgan fingerprint density at radius 3 is 2.38 bits per heavy atom. The summed E-state index contributed by atoms with van der Waals surface area (Å²) in [5, 5.41) is 8.00. The Hall–Kier alpha value is -3.20. The number of carbonyl (C=O) groups excluding carboxylic acids is 1. The molecule has 2 heterocycles. The van der Waals surface area contributed by atoms with Crippen molar-refractivity contribution >= 4 is 23.2 Å². The van der Waals surface area contributed by atoms with Crippen LogP contribution in [0.1, 0.15) is 0 Å². The zero-order valence-electron chi connectivity index (χ0n) is 15.4. The fourth-order valence-electron chi connectivity index (χ4n) is 3.24. The van der Waals surface area contributed by atoms with Gasteiger partial charge in [-0.3, -0.25) is 4.79 Å². The fourth-order valence-corrected chi connectivity index (χ4v) is 3.46. The summed E-state index contributed by atoms with van der Waals surface area (Å²) in [6.07, 6.45) is 0. The molecule has 1 amide bonds. The van der Waals surface area contributed by atoms with Crippen LogP contribution in [0.25, 0.3) is 5.69 Å². The van der Waals surface area contributed by atoms with Gasteiger partial charge < -0.3 is 9.80 Å². The molecule has 4 rings (SSSR count). The highest BCUT2D eigenvalue weighted by Gasteiger charge is 2.23. The summed E-state index contributed by atoms with van der Waals surface area (Å²) in [5.41, 5.74) is 0.791. The Kier molecular flexibility index (Phi) is 5.30. The number of para-hydroxylation sites is 1. The van der Waals surface area contributed by atoms with Gasteiger partial charge in [-0.25, -0.2) is 9.18 Å². The minimum absolute atomic E-state index is 0.195. The van der Waals surface area contributed by atoms with Crippen LogP contribution in [-0.2, 0) is 11.3 Å². The molecule has 0 aliphatic carbocycles. The summed E-state index contributed by atoms with van der Waals surface area (Å²) >= 11 is 6.10. The van der Waals surface area contributed by atoms with E-state index in [1.165, 1.54) is 12.1 Å². The first-order valence-electron chi connectivity index (χ1n) is 9.09. The first-order valence-corrected chi connectivity index (χ1v) is 9.47. The van der Waals surface area contributed by atoms with Crippen molar-refractivity contribution in [2.75, 3.05) is 31.1 Å². The first-order chi connectivity index (χ1) is 14.0. The molecule has 29 heavy (non-hydrogen) atoms. The number of halogens is 2. The van der Waals surface area contributed by atoms with E-state index in [0.29, 0.717) is 36.9 Å².